The number of para-hydroxylation sites is 2. The Morgan fingerprint density at radius 1 is 1.00 bits per heavy atom. The first-order valence-corrected chi connectivity index (χ1v) is 8.13. The van der Waals surface area contributed by atoms with Gasteiger partial charge in [-0.05, 0) is 25.1 Å². The van der Waals surface area contributed by atoms with Gasteiger partial charge in [-0.15, -0.1) is 0 Å². The second-order valence-corrected chi connectivity index (χ2v) is 5.71. The van der Waals surface area contributed by atoms with E-state index in [1.165, 1.54) is 13.2 Å². The molecule has 7 nitrogen and oxygen atoms in total. The molecule has 0 bridgehead atoms. The monoisotopic (exact) mass is 367 g/mol. The lowest BCUT2D eigenvalue weighted by Crippen LogP contribution is -2.22. The van der Waals surface area contributed by atoms with Crippen LogP contribution < -0.4 is 5.32 Å². The van der Waals surface area contributed by atoms with Crippen molar-refractivity contribution < 1.29 is 28.3 Å². The van der Waals surface area contributed by atoms with E-state index in [9.17, 15) is 14.4 Å². The minimum Gasteiger partial charge on any atom is -0.465 e. The van der Waals surface area contributed by atoms with E-state index in [0.717, 1.165) is 5.39 Å². The van der Waals surface area contributed by atoms with Gasteiger partial charge in [0.25, 0.3) is 5.91 Å². The molecule has 0 aliphatic rings. The number of aryl methyl sites for hydroxylation is 1. The van der Waals surface area contributed by atoms with Gasteiger partial charge in [0.1, 0.15) is 5.58 Å². The molecule has 0 unspecified atom stereocenters. The van der Waals surface area contributed by atoms with Crippen LogP contribution in [0, 0.1) is 6.92 Å². The Hall–Kier alpha value is -3.61. The highest BCUT2D eigenvalue weighted by molar-refractivity contribution is 6.02. The number of furan rings is 1. The molecule has 138 valence electrons. The van der Waals surface area contributed by atoms with Crippen molar-refractivity contribution in [3.05, 3.63) is 65.4 Å². The fraction of sp³-hybridized carbons (Fsp3) is 0.150. The van der Waals surface area contributed by atoms with E-state index in [4.69, 9.17) is 9.15 Å². The summed E-state index contributed by atoms with van der Waals surface area (Å²) in [6.07, 6.45) is 0. The number of nitrogens with one attached hydrogen (secondary N) is 1. The van der Waals surface area contributed by atoms with E-state index >= 15 is 0 Å². The summed E-state index contributed by atoms with van der Waals surface area (Å²) in [7, 11) is 1.25. The van der Waals surface area contributed by atoms with Crippen LogP contribution in [0.1, 0.15) is 26.5 Å². The highest BCUT2D eigenvalue weighted by Crippen LogP contribution is 2.25. The Kier molecular flexibility index (Phi) is 5.21. The summed E-state index contributed by atoms with van der Waals surface area (Å²) in [6, 6.07) is 13.6. The van der Waals surface area contributed by atoms with Crippen molar-refractivity contribution in [2.75, 3.05) is 19.0 Å². The van der Waals surface area contributed by atoms with Crippen molar-refractivity contribution in [1.82, 2.24) is 0 Å². The zero-order chi connectivity index (χ0) is 19.4. The Morgan fingerprint density at radius 3 is 2.44 bits per heavy atom. The number of fused-ring (bicyclic) bond motifs is 1. The number of ether oxygens (including phenoxy) is 2. The molecule has 1 aromatic heterocycles. The summed E-state index contributed by atoms with van der Waals surface area (Å²) < 4.78 is 15.2. The number of hydrogen-bond acceptors (Lipinski definition) is 6. The van der Waals surface area contributed by atoms with Crippen molar-refractivity contribution >= 4 is 34.5 Å². The molecule has 0 saturated heterocycles. The Bertz CT molecular complexity index is 1020. The summed E-state index contributed by atoms with van der Waals surface area (Å²) >= 11 is 0. The normalized spacial score (nSPS) is 10.4. The van der Waals surface area contributed by atoms with Crippen molar-refractivity contribution in [3.63, 3.8) is 0 Å². The van der Waals surface area contributed by atoms with Gasteiger partial charge in [-0.1, -0.05) is 30.3 Å². The number of methoxy groups -OCH3 is 1. The molecule has 0 saturated carbocycles. The predicted molar refractivity (Wildman–Crippen MR) is 97.6 cm³/mol. The van der Waals surface area contributed by atoms with Crippen LogP contribution in [0.4, 0.5) is 5.69 Å². The van der Waals surface area contributed by atoms with Crippen LogP contribution >= 0.6 is 0 Å². The van der Waals surface area contributed by atoms with Gasteiger partial charge in [-0.25, -0.2) is 9.59 Å². The van der Waals surface area contributed by atoms with E-state index in [0.29, 0.717) is 11.1 Å². The number of carbonyl (C=O) groups excluding carboxylic acids is 3. The quantitative estimate of drug-likeness (QED) is 0.695. The zero-order valence-electron chi connectivity index (χ0n) is 14.8. The molecule has 27 heavy (non-hydrogen) atoms. The third-order valence-electron chi connectivity index (χ3n) is 3.97. The SMILES string of the molecule is COC(=O)c1ccccc1NC(=O)COC(=O)c1oc2ccccc2c1C. The van der Waals surface area contributed by atoms with Crippen LogP contribution in [0.5, 0.6) is 0 Å². The number of anilines is 1. The summed E-state index contributed by atoms with van der Waals surface area (Å²) in [5.74, 6) is -1.85. The molecule has 3 rings (SSSR count). The van der Waals surface area contributed by atoms with Crippen molar-refractivity contribution in [1.29, 1.82) is 0 Å². The van der Waals surface area contributed by atoms with Crippen LogP contribution in [-0.4, -0.2) is 31.6 Å². The van der Waals surface area contributed by atoms with Gasteiger partial charge < -0.3 is 19.2 Å². The highest BCUT2D eigenvalue weighted by atomic mass is 16.5. The highest BCUT2D eigenvalue weighted by Gasteiger charge is 2.20. The van der Waals surface area contributed by atoms with Crippen molar-refractivity contribution in [3.8, 4) is 0 Å². The van der Waals surface area contributed by atoms with Gasteiger partial charge >= 0.3 is 11.9 Å². The van der Waals surface area contributed by atoms with E-state index in [2.05, 4.69) is 10.1 Å². The molecule has 0 fully saturated rings. The van der Waals surface area contributed by atoms with Crippen LogP contribution in [0.2, 0.25) is 0 Å². The van der Waals surface area contributed by atoms with Crippen LogP contribution in [0.25, 0.3) is 11.0 Å². The molecule has 0 spiro atoms. The molecule has 3 aromatic rings. The lowest BCUT2D eigenvalue weighted by atomic mass is 10.1. The predicted octanol–water partition coefficient (Wildman–Crippen LogP) is 3.32. The first-order valence-electron chi connectivity index (χ1n) is 8.13. The molecular weight excluding hydrogens is 350 g/mol. The summed E-state index contributed by atoms with van der Waals surface area (Å²) in [6.45, 7) is 1.22. The van der Waals surface area contributed by atoms with Gasteiger partial charge in [-0.3, -0.25) is 4.79 Å². The van der Waals surface area contributed by atoms with Crippen molar-refractivity contribution in [2.24, 2.45) is 0 Å². The van der Waals surface area contributed by atoms with Crippen molar-refractivity contribution in [2.45, 2.75) is 6.92 Å². The topological polar surface area (TPSA) is 94.8 Å². The summed E-state index contributed by atoms with van der Waals surface area (Å²) in [4.78, 5) is 36.1. The Morgan fingerprint density at radius 2 is 1.70 bits per heavy atom. The average Bonchev–Trinajstić information content (AvgIpc) is 3.03. The first-order chi connectivity index (χ1) is 13.0. The smallest absolute Gasteiger partial charge is 0.375 e. The maximum absolute atomic E-state index is 12.2. The molecule has 1 amide bonds. The van der Waals surface area contributed by atoms with E-state index in [1.54, 1.807) is 37.3 Å². The largest absolute Gasteiger partial charge is 0.465 e. The minimum atomic E-state index is -0.736. The van der Waals surface area contributed by atoms with Crippen LogP contribution in [0.3, 0.4) is 0 Å². The third kappa shape index (κ3) is 3.82. The molecule has 0 aliphatic heterocycles. The second-order valence-electron chi connectivity index (χ2n) is 5.71. The molecule has 0 radical (unpaired) electrons. The number of rotatable bonds is 5. The lowest BCUT2D eigenvalue weighted by molar-refractivity contribution is -0.119. The second kappa shape index (κ2) is 7.74. The number of carbonyl (C=O) groups is 3. The minimum absolute atomic E-state index is 0.0546. The van der Waals surface area contributed by atoms with Crippen LogP contribution in [-0.2, 0) is 14.3 Å². The standard InChI is InChI=1S/C20H17NO6/c1-12-13-7-4-6-10-16(13)27-18(12)20(24)26-11-17(22)21-15-9-5-3-8-14(15)19(23)25-2/h3-10H,11H2,1-2H3,(H,21,22). The number of amides is 1. The van der Waals surface area contributed by atoms with E-state index < -0.39 is 24.5 Å². The number of hydrogen-bond donors (Lipinski definition) is 1. The summed E-state index contributed by atoms with van der Waals surface area (Å²) in [5, 5.41) is 3.33. The number of benzene rings is 2. The molecule has 1 heterocycles. The molecular formula is C20H17NO6. The molecule has 2 aromatic carbocycles. The van der Waals surface area contributed by atoms with Gasteiger partial charge in [-0.2, -0.15) is 0 Å². The molecule has 0 atom stereocenters. The van der Waals surface area contributed by atoms with E-state index in [1.807, 2.05) is 12.1 Å². The number of esters is 2. The van der Waals surface area contributed by atoms with Gasteiger partial charge in [0.05, 0.1) is 18.4 Å². The zero-order valence-corrected chi connectivity index (χ0v) is 14.8. The van der Waals surface area contributed by atoms with Crippen LogP contribution in [0.15, 0.2) is 52.9 Å². The maximum atomic E-state index is 12.2. The Balaban J connectivity index is 1.66. The Labute approximate surface area is 154 Å². The molecule has 0 aliphatic carbocycles. The third-order valence-corrected chi connectivity index (χ3v) is 3.97. The van der Waals surface area contributed by atoms with Gasteiger partial charge in [0, 0.05) is 10.9 Å². The molecule has 7 heteroatoms. The molecule has 1 N–H and O–H groups in total. The fourth-order valence-corrected chi connectivity index (χ4v) is 2.63. The van der Waals surface area contributed by atoms with Gasteiger partial charge in [0.15, 0.2) is 6.61 Å². The first kappa shape index (κ1) is 18.2. The fourth-order valence-electron chi connectivity index (χ4n) is 2.63. The lowest BCUT2D eigenvalue weighted by Gasteiger charge is -2.09. The summed E-state index contributed by atoms with van der Waals surface area (Å²) in [5.41, 5.74) is 1.68. The van der Waals surface area contributed by atoms with E-state index in [-0.39, 0.29) is 17.0 Å². The average molecular weight is 367 g/mol. The van der Waals surface area contributed by atoms with Gasteiger partial charge in [0.2, 0.25) is 5.76 Å². The maximum Gasteiger partial charge on any atom is 0.375 e.